The SMILES string of the molecule is C=CCSc1cccc(C(C)NC)c1. The van der Waals surface area contributed by atoms with Crippen LogP contribution in [0.3, 0.4) is 0 Å². The maximum atomic E-state index is 3.72. The van der Waals surface area contributed by atoms with Crippen LogP contribution in [-0.4, -0.2) is 12.8 Å². The van der Waals surface area contributed by atoms with Crippen LogP contribution in [0.25, 0.3) is 0 Å². The Morgan fingerprint density at radius 2 is 2.36 bits per heavy atom. The summed E-state index contributed by atoms with van der Waals surface area (Å²) in [4.78, 5) is 1.31. The number of benzene rings is 1. The first-order chi connectivity index (χ1) is 6.77. The summed E-state index contributed by atoms with van der Waals surface area (Å²) in [6, 6.07) is 9.04. The van der Waals surface area contributed by atoms with Crippen molar-refractivity contribution in [2.45, 2.75) is 17.9 Å². The van der Waals surface area contributed by atoms with Gasteiger partial charge in [-0.2, -0.15) is 0 Å². The van der Waals surface area contributed by atoms with Crippen LogP contribution in [0, 0.1) is 0 Å². The quantitative estimate of drug-likeness (QED) is 0.587. The molecule has 0 bridgehead atoms. The highest BCUT2D eigenvalue weighted by Gasteiger charge is 2.02. The van der Waals surface area contributed by atoms with E-state index in [1.807, 2.05) is 24.9 Å². The van der Waals surface area contributed by atoms with Gasteiger partial charge in [-0.3, -0.25) is 0 Å². The second-order valence-electron chi connectivity index (χ2n) is 3.18. The average Bonchev–Trinajstić information content (AvgIpc) is 2.25. The molecule has 1 unspecified atom stereocenters. The van der Waals surface area contributed by atoms with E-state index in [2.05, 4.69) is 43.1 Å². The summed E-state index contributed by atoms with van der Waals surface area (Å²) in [6.45, 7) is 5.88. The van der Waals surface area contributed by atoms with Crippen molar-refractivity contribution in [2.24, 2.45) is 0 Å². The predicted octanol–water partition coefficient (Wildman–Crippen LogP) is 3.25. The lowest BCUT2D eigenvalue weighted by atomic mass is 10.1. The lowest BCUT2D eigenvalue weighted by molar-refractivity contribution is 0.651. The lowest BCUT2D eigenvalue weighted by Gasteiger charge is -2.11. The van der Waals surface area contributed by atoms with Gasteiger partial charge in [-0.25, -0.2) is 0 Å². The van der Waals surface area contributed by atoms with Crippen LogP contribution in [0.15, 0.2) is 41.8 Å². The fourth-order valence-corrected chi connectivity index (χ4v) is 1.90. The second-order valence-corrected chi connectivity index (χ2v) is 4.28. The van der Waals surface area contributed by atoms with Gasteiger partial charge in [0, 0.05) is 16.7 Å². The fraction of sp³-hybridized carbons (Fsp3) is 0.333. The molecule has 0 fully saturated rings. The first kappa shape index (κ1) is 11.3. The summed E-state index contributed by atoms with van der Waals surface area (Å²) < 4.78 is 0. The van der Waals surface area contributed by atoms with E-state index in [0.29, 0.717) is 6.04 Å². The lowest BCUT2D eigenvalue weighted by Crippen LogP contribution is -2.11. The van der Waals surface area contributed by atoms with Crippen LogP contribution in [0.2, 0.25) is 0 Å². The minimum atomic E-state index is 0.416. The Labute approximate surface area is 90.6 Å². The Balaban J connectivity index is 2.73. The summed E-state index contributed by atoms with van der Waals surface area (Å²) in [6.07, 6.45) is 1.93. The monoisotopic (exact) mass is 207 g/mol. The van der Waals surface area contributed by atoms with Gasteiger partial charge >= 0.3 is 0 Å². The van der Waals surface area contributed by atoms with E-state index in [-0.39, 0.29) is 0 Å². The number of rotatable bonds is 5. The van der Waals surface area contributed by atoms with Crippen molar-refractivity contribution in [1.82, 2.24) is 5.32 Å². The number of thioether (sulfide) groups is 1. The summed E-state index contributed by atoms with van der Waals surface area (Å²) in [5.41, 5.74) is 1.33. The highest BCUT2D eigenvalue weighted by molar-refractivity contribution is 7.99. The van der Waals surface area contributed by atoms with E-state index >= 15 is 0 Å². The molecule has 0 heterocycles. The number of hydrogen-bond acceptors (Lipinski definition) is 2. The van der Waals surface area contributed by atoms with Crippen LogP contribution in [-0.2, 0) is 0 Å². The Kier molecular flexibility index (Phi) is 4.77. The van der Waals surface area contributed by atoms with Gasteiger partial charge in [0.2, 0.25) is 0 Å². The topological polar surface area (TPSA) is 12.0 Å². The molecule has 0 radical (unpaired) electrons. The molecule has 2 heteroatoms. The molecule has 0 spiro atoms. The van der Waals surface area contributed by atoms with Crippen molar-refractivity contribution in [2.75, 3.05) is 12.8 Å². The first-order valence-electron chi connectivity index (χ1n) is 4.79. The normalized spacial score (nSPS) is 12.4. The summed E-state index contributed by atoms with van der Waals surface area (Å²) in [7, 11) is 1.98. The molecule has 0 aliphatic carbocycles. The summed E-state index contributed by atoms with van der Waals surface area (Å²) in [5.74, 6) is 0.970. The Morgan fingerprint density at radius 1 is 1.57 bits per heavy atom. The largest absolute Gasteiger partial charge is 0.313 e. The van der Waals surface area contributed by atoms with Crippen LogP contribution >= 0.6 is 11.8 Å². The standard InChI is InChI=1S/C12H17NS/c1-4-8-14-12-7-5-6-11(9-12)10(2)13-3/h4-7,9-10,13H,1,8H2,2-3H3. The summed E-state index contributed by atoms with van der Waals surface area (Å²) in [5, 5.41) is 3.24. The van der Waals surface area contributed by atoms with E-state index < -0.39 is 0 Å². The third-order valence-corrected chi connectivity index (χ3v) is 3.15. The molecule has 1 aromatic rings. The molecular weight excluding hydrogens is 190 g/mol. The predicted molar refractivity (Wildman–Crippen MR) is 64.8 cm³/mol. The van der Waals surface area contributed by atoms with E-state index in [4.69, 9.17) is 0 Å². The molecular formula is C12H17NS. The van der Waals surface area contributed by atoms with Crippen LogP contribution in [0.5, 0.6) is 0 Å². The third-order valence-electron chi connectivity index (χ3n) is 2.16. The second kappa shape index (κ2) is 5.89. The maximum absolute atomic E-state index is 3.72. The van der Waals surface area contributed by atoms with Crippen molar-refractivity contribution in [3.8, 4) is 0 Å². The van der Waals surface area contributed by atoms with Gasteiger partial charge in [0.15, 0.2) is 0 Å². The molecule has 1 rings (SSSR count). The van der Waals surface area contributed by atoms with Crippen molar-refractivity contribution in [1.29, 1.82) is 0 Å². The molecule has 0 saturated carbocycles. The maximum Gasteiger partial charge on any atom is 0.0289 e. The number of nitrogens with one attached hydrogen (secondary N) is 1. The van der Waals surface area contributed by atoms with Crippen LogP contribution in [0.4, 0.5) is 0 Å². The van der Waals surface area contributed by atoms with Crippen molar-refractivity contribution in [3.05, 3.63) is 42.5 Å². The van der Waals surface area contributed by atoms with Gasteiger partial charge in [0.1, 0.15) is 0 Å². The summed E-state index contributed by atoms with van der Waals surface area (Å²) >= 11 is 1.82. The minimum absolute atomic E-state index is 0.416. The smallest absolute Gasteiger partial charge is 0.0289 e. The molecule has 1 nitrogen and oxygen atoms in total. The molecule has 0 aliphatic rings. The van der Waals surface area contributed by atoms with Crippen LogP contribution < -0.4 is 5.32 Å². The van der Waals surface area contributed by atoms with Gasteiger partial charge in [0.25, 0.3) is 0 Å². The van der Waals surface area contributed by atoms with Gasteiger partial charge in [-0.1, -0.05) is 18.2 Å². The van der Waals surface area contributed by atoms with Crippen LogP contribution in [0.1, 0.15) is 18.5 Å². The minimum Gasteiger partial charge on any atom is -0.313 e. The van der Waals surface area contributed by atoms with Gasteiger partial charge in [-0.15, -0.1) is 18.3 Å². The van der Waals surface area contributed by atoms with E-state index in [0.717, 1.165) is 5.75 Å². The molecule has 0 saturated heterocycles. The van der Waals surface area contributed by atoms with Gasteiger partial charge in [-0.05, 0) is 31.7 Å². The third kappa shape index (κ3) is 3.20. The molecule has 1 N–H and O–H groups in total. The molecule has 0 amide bonds. The first-order valence-corrected chi connectivity index (χ1v) is 5.77. The molecule has 1 atom stereocenters. The molecule has 76 valence electrons. The van der Waals surface area contributed by atoms with Gasteiger partial charge < -0.3 is 5.32 Å². The zero-order chi connectivity index (χ0) is 10.4. The molecule has 0 aromatic heterocycles. The van der Waals surface area contributed by atoms with E-state index in [9.17, 15) is 0 Å². The number of hydrogen-bond donors (Lipinski definition) is 1. The highest BCUT2D eigenvalue weighted by atomic mass is 32.2. The van der Waals surface area contributed by atoms with Crippen molar-refractivity contribution in [3.63, 3.8) is 0 Å². The highest BCUT2D eigenvalue weighted by Crippen LogP contribution is 2.22. The zero-order valence-electron chi connectivity index (χ0n) is 8.79. The van der Waals surface area contributed by atoms with Crippen molar-refractivity contribution >= 4 is 11.8 Å². The Morgan fingerprint density at radius 3 is 3.00 bits per heavy atom. The van der Waals surface area contributed by atoms with Crippen molar-refractivity contribution < 1.29 is 0 Å². The Hall–Kier alpha value is -0.730. The van der Waals surface area contributed by atoms with E-state index in [1.165, 1.54) is 10.5 Å². The molecule has 1 aromatic carbocycles. The Bertz CT molecular complexity index is 296. The molecule has 14 heavy (non-hydrogen) atoms. The average molecular weight is 207 g/mol. The molecule has 0 aliphatic heterocycles. The van der Waals surface area contributed by atoms with Gasteiger partial charge in [0.05, 0.1) is 0 Å². The van der Waals surface area contributed by atoms with E-state index in [1.54, 1.807) is 0 Å². The fourth-order valence-electron chi connectivity index (χ4n) is 1.20. The zero-order valence-corrected chi connectivity index (χ0v) is 9.60.